The summed E-state index contributed by atoms with van der Waals surface area (Å²) in [4.78, 5) is 34.0. The number of nitrogens with zero attached hydrogens (tertiary/aromatic N) is 3. The summed E-state index contributed by atoms with van der Waals surface area (Å²) < 4.78 is 0. The normalized spacial score (nSPS) is 23.1. The minimum absolute atomic E-state index is 0.0376. The van der Waals surface area contributed by atoms with Crippen molar-refractivity contribution in [2.75, 3.05) is 0 Å². The van der Waals surface area contributed by atoms with Gasteiger partial charge in [0, 0.05) is 6.20 Å². The van der Waals surface area contributed by atoms with E-state index in [1.54, 1.807) is 24.1 Å². The number of piperazine rings is 1. The van der Waals surface area contributed by atoms with E-state index in [-0.39, 0.29) is 11.8 Å². The Hall–Kier alpha value is -1.98. The summed E-state index contributed by atoms with van der Waals surface area (Å²) >= 11 is 0. The fourth-order valence-corrected chi connectivity index (χ4v) is 2.32. The second kappa shape index (κ2) is 5.98. The fraction of sp³-hybridized carbons (Fsp3) is 0.571. The molecule has 1 fully saturated rings. The second-order valence-electron chi connectivity index (χ2n) is 5.53. The summed E-state index contributed by atoms with van der Waals surface area (Å²) in [5.41, 5.74) is 0.734. The first-order valence-electron chi connectivity index (χ1n) is 6.84. The van der Waals surface area contributed by atoms with Gasteiger partial charge in [-0.3, -0.25) is 9.59 Å². The van der Waals surface area contributed by atoms with Crippen molar-refractivity contribution in [2.45, 2.75) is 45.8 Å². The molecular weight excluding hydrogens is 256 g/mol. The van der Waals surface area contributed by atoms with Crippen molar-refractivity contribution in [3.63, 3.8) is 0 Å². The smallest absolute Gasteiger partial charge is 0.246 e. The number of hydrogen-bond acceptors (Lipinski definition) is 4. The number of nitrogens with one attached hydrogen (secondary N) is 1. The van der Waals surface area contributed by atoms with E-state index in [0.29, 0.717) is 18.9 Å². The molecule has 6 nitrogen and oxygen atoms in total. The summed E-state index contributed by atoms with van der Waals surface area (Å²) in [6.45, 7) is 6.14. The average molecular weight is 276 g/mol. The van der Waals surface area contributed by atoms with Crippen LogP contribution in [0.15, 0.2) is 18.6 Å². The molecule has 2 heterocycles. The third-order valence-corrected chi connectivity index (χ3v) is 3.43. The molecular formula is C14H20N4O2. The molecule has 6 heteroatoms. The van der Waals surface area contributed by atoms with Crippen LogP contribution in [0.1, 0.15) is 32.9 Å². The Morgan fingerprint density at radius 1 is 1.40 bits per heavy atom. The van der Waals surface area contributed by atoms with E-state index in [1.807, 2.05) is 13.8 Å². The van der Waals surface area contributed by atoms with Gasteiger partial charge in [-0.1, -0.05) is 13.8 Å². The van der Waals surface area contributed by atoms with E-state index in [0.717, 1.165) is 5.69 Å². The maximum Gasteiger partial charge on any atom is 0.246 e. The maximum absolute atomic E-state index is 12.5. The van der Waals surface area contributed by atoms with Crippen LogP contribution in [0.2, 0.25) is 0 Å². The quantitative estimate of drug-likeness (QED) is 0.880. The summed E-state index contributed by atoms with van der Waals surface area (Å²) in [6.07, 6.45) is 3.73. The number of aromatic nitrogens is 2. The number of hydrogen-bond donors (Lipinski definition) is 1. The lowest BCUT2D eigenvalue weighted by Gasteiger charge is -2.37. The fourth-order valence-electron chi connectivity index (χ4n) is 2.32. The molecule has 0 radical (unpaired) electrons. The predicted molar refractivity (Wildman–Crippen MR) is 73.4 cm³/mol. The van der Waals surface area contributed by atoms with Crippen LogP contribution >= 0.6 is 0 Å². The molecule has 1 aromatic heterocycles. The zero-order valence-electron chi connectivity index (χ0n) is 12.0. The highest BCUT2D eigenvalue weighted by Crippen LogP contribution is 2.17. The highest BCUT2D eigenvalue weighted by atomic mass is 16.2. The van der Waals surface area contributed by atoms with Gasteiger partial charge in [-0.15, -0.1) is 0 Å². The van der Waals surface area contributed by atoms with Gasteiger partial charge in [-0.05, 0) is 25.3 Å². The molecule has 20 heavy (non-hydrogen) atoms. The molecule has 1 aliphatic heterocycles. The van der Waals surface area contributed by atoms with Gasteiger partial charge in [-0.25, -0.2) is 9.97 Å². The molecule has 2 unspecified atom stereocenters. The Morgan fingerprint density at radius 2 is 2.15 bits per heavy atom. The third-order valence-electron chi connectivity index (χ3n) is 3.43. The Balaban J connectivity index is 2.16. The van der Waals surface area contributed by atoms with Crippen molar-refractivity contribution >= 4 is 11.8 Å². The lowest BCUT2D eigenvalue weighted by molar-refractivity contribution is -0.149. The van der Waals surface area contributed by atoms with Crippen LogP contribution < -0.4 is 5.32 Å². The number of amides is 2. The summed E-state index contributed by atoms with van der Waals surface area (Å²) in [5, 5.41) is 2.80. The van der Waals surface area contributed by atoms with Crippen LogP contribution in [0.5, 0.6) is 0 Å². The van der Waals surface area contributed by atoms with Crippen LogP contribution in [-0.2, 0) is 16.1 Å². The largest absolute Gasteiger partial charge is 0.343 e. The van der Waals surface area contributed by atoms with Crippen LogP contribution in [0.25, 0.3) is 0 Å². The Morgan fingerprint density at radius 3 is 2.75 bits per heavy atom. The standard InChI is InChI=1S/C14H20N4O2/c1-9(2)6-12-14(20)18(10(3)13(19)17-12)7-11-4-5-15-8-16-11/h4-5,8-10,12H,6-7H2,1-3H3,(H,17,19). The predicted octanol–water partition coefficient (Wildman–Crippen LogP) is 0.738. The highest BCUT2D eigenvalue weighted by molar-refractivity contribution is 5.96. The SMILES string of the molecule is CC(C)CC1NC(=O)C(C)N(Cc2ccncn2)C1=O. The Labute approximate surface area is 118 Å². The van der Waals surface area contributed by atoms with Crippen molar-refractivity contribution < 1.29 is 9.59 Å². The van der Waals surface area contributed by atoms with Gasteiger partial charge in [0.05, 0.1) is 12.2 Å². The molecule has 1 aromatic rings. The summed E-state index contributed by atoms with van der Waals surface area (Å²) in [5.74, 6) is 0.201. The van der Waals surface area contributed by atoms with Crippen molar-refractivity contribution in [1.29, 1.82) is 0 Å². The molecule has 2 rings (SSSR count). The zero-order chi connectivity index (χ0) is 14.7. The Kier molecular flexibility index (Phi) is 4.32. The second-order valence-corrected chi connectivity index (χ2v) is 5.53. The van der Waals surface area contributed by atoms with Crippen molar-refractivity contribution in [3.05, 3.63) is 24.3 Å². The molecule has 2 atom stereocenters. The molecule has 1 aliphatic rings. The van der Waals surface area contributed by atoms with Crippen LogP contribution in [0.4, 0.5) is 0 Å². The first kappa shape index (κ1) is 14.4. The van der Waals surface area contributed by atoms with Gasteiger partial charge in [0.2, 0.25) is 11.8 Å². The van der Waals surface area contributed by atoms with Crippen LogP contribution in [0.3, 0.4) is 0 Å². The van der Waals surface area contributed by atoms with Gasteiger partial charge < -0.3 is 10.2 Å². The maximum atomic E-state index is 12.5. The van der Waals surface area contributed by atoms with Crippen molar-refractivity contribution in [3.8, 4) is 0 Å². The lowest BCUT2D eigenvalue weighted by atomic mass is 9.99. The molecule has 0 aliphatic carbocycles. The first-order valence-corrected chi connectivity index (χ1v) is 6.84. The first-order chi connectivity index (χ1) is 9.49. The van der Waals surface area contributed by atoms with Gasteiger partial charge in [0.1, 0.15) is 18.4 Å². The van der Waals surface area contributed by atoms with Gasteiger partial charge >= 0.3 is 0 Å². The summed E-state index contributed by atoms with van der Waals surface area (Å²) in [7, 11) is 0. The molecule has 1 N–H and O–H groups in total. The number of carbonyl (C=O) groups excluding carboxylic acids is 2. The van der Waals surface area contributed by atoms with Crippen molar-refractivity contribution in [2.24, 2.45) is 5.92 Å². The average Bonchev–Trinajstić information content (AvgIpc) is 2.41. The third kappa shape index (κ3) is 3.12. The van der Waals surface area contributed by atoms with Crippen molar-refractivity contribution in [1.82, 2.24) is 20.2 Å². The Bertz CT molecular complexity index is 489. The summed E-state index contributed by atoms with van der Waals surface area (Å²) in [6, 6.07) is 0.852. The van der Waals surface area contributed by atoms with Gasteiger partial charge in [0.25, 0.3) is 0 Å². The monoisotopic (exact) mass is 276 g/mol. The molecule has 0 bridgehead atoms. The van der Waals surface area contributed by atoms with Gasteiger partial charge in [0.15, 0.2) is 0 Å². The number of rotatable bonds is 4. The highest BCUT2D eigenvalue weighted by Gasteiger charge is 2.38. The van der Waals surface area contributed by atoms with E-state index in [1.165, 1.54) is 6.33 Å². The van der Waals surface area contributed by atoms with E-state index in [9.17, 15) is 9.59 Å². The minimum Gasteiger partial charge on any atom is -0.343 e. The molecule has 0 saturated carbocycles. The van der Waals surface area contributed by atoms with E-state index in [4.69, 9.17) is 0 Å². The van der Waals surface area contributed by atoms with E-state index >= 15 is 0 Å². The minimum atomic E-state index is -0.471. The molecule has 2 amide bonds. The molecule has 0 spiro atoms. The molecule has 1 saturated heterocycles. The number of carbonyl (C=O) groups is 2. The zero-order valence-corrected chi connectivity index (χ0v) is 12.0. The lowest BCUT2D eigenvalue weighted by Crippen LogP contribution is -2.62. The van der Waals surface area contributed by atoms with Gasteiger partial charge in [-0.2, -0.15) is 0 Å². The van der Waals surface area contributed by atoms with E-state index in [2.05, 4.69) is 15.3 Å². The molecule has 0 aromatic carbocycles. The molecule has 108 valence electrons. The topological polar surface area (TPSA) is 75.2 Å². The van der Waals surface area contributed by atoms with Crippen LogP contribution in [-0.4, -0.2) is 38.8 Å². The van der Waals surface area contributed by atoms with Crippen LogP contribution in [0, 0.1) is 5.92 Å². The van der Waals surface area contributed by atoms with E-state index < -0.39 is 12.1 Å².